The molecule has 4 rings (SSSR count). The van der Waals surface area contributed by atoms with Crippen LogP contribution in [0.25, 0.3) is 22.4 Å². The lowest BCUT2D eigenvalue weighted by atomic mass is 9.93. The molecule has 1 fully saturated rings. The Morgan fingerprint density at radius 1 is 1.38 bits per heavy atom. The topological polar surface area (TPSA) is 140 Å². The summed E-state index contributed by atoms with van der Waals surface area (Å²) in [5, 5.41) is 30.8. The normalized spacial score (nSPS) is 28.8. The quantitative estimate of drug-likeness (QED) is 0.515. The molecule has 0 aromatic carbocycles. The van der Waals surface area contributed by atoms with Crippen LogP contribution in [0.2, 0.25) is 0 Å². The zero-order valence-electron chi connectivity index (χ0n) is 14.1. The molecule has 9 heteroatoms. The van der Waals surface area contributed by atoms with Crippen molar-refractivity contribution in [2.75, 3.05) is 12.3 Å². The first kappa shape index (κ1) is 17.0. The largest absolute Gasteiger partial charge is 0.464 e. The SMILES string of the molecule is C[C@@]1(O)C(O)[C@@H](CO)O[C@H]1Cn1cc(-c2ccco2)c2c(N)ncnc21. The summed E-state index contributed by atoms with van der Waals surface area (Å²) in [6, 6.07) is 3.57. The lowest BCUT2D eigenvalue weighted by Crippen LogP contribution is -2.47. The molecule has 3 aromatic rings. The Hall–Kier alpha value is -2.46. The van der Waals surface area contributed by atoms with Crippen molar-refractivity contribution in [3.05, 3.63) is 30.9 Å². The highest BCUT2D eigenvalue weighted by Gasteiger charge is 2.51. The second kappa shape index (κ2) is 6.06. The summed E-state index contributed by atoms with van der Waals surface area (Å²) in [6.07, 6.45) is 1.94. The van der Waals surface area contributed by atoms with Crippen LogP contribution >= 0.6 is 0 Å². The van der Waals surface area contributed by atoms with Gasteiger partial charge in [-0.3, -0.25) is 0 Å². The van der Waals surface area contributed by atoms with Gasteiger partial charge in [-0.05, 0) is 19.1 Å². The molecule has 4 heterocycles. The number of furan rings is 1. The van der Waals surface area contributed by atoms with Crippen LogP contribution in [0.3, 0.4) is 0 Å². The Kier molecular flexibility index (Phi) is 3.96. The summed E-state index contributed by atoms with van der Waals surface area (Å²) in [4.78, 5) is 8.35. The Balaban J connectivity index is 1.78. The first-order valence-corrected chi connectivity index (χ1v) is 8.23. The Morgan fingerprint density at radius 2 is 2.19 bits per heavy atom. The minimum atomic E-state index is -1.52. The van der Waals surface area contributed by atoms with Gasteiger partial charge in [0, 0.05) is 11.8 Å². The maximum atomic E-state index is 10.6. The van der Waals surface area contributed by atoms with Gasteiger partial charge < -0.3 is 34.8 Å². The highest BCUT2D eigenvalue weighted by Crippen LogP contribution is 2.36. The highest BCUT2D eigenvalue weighted by molar-refractivity contribution is 5.99. The zero-order chi connectivity index (χ0) is 18.5. The van der Waals surface area contributed by atoms with Gasteiger partial charge in [0.2, 0.25) is 0 Å². The zero-order valence-corrected chi connectivity index (χ0v) is 14.1. The van der Waals surface area contributed by atoms with E-state index in [9.17, 15) is 15.3 Å². The lowest BCUT2D eigenvalue weighted by molar-refractivity contribution is -0.0677. The maximum absolute atomic E-state index is 10.6. The van der Waals surface area contributed by atoms with Crippen molar-refractivity contribution in [2.24, 2.45) is 0 Å². The molecule has 1 saturated heterocycles. The van der Waals surface area contributed by atoms with Crippen molar-refractivity contribution < 1.29 is 24.5 Å². The van der Waals surface area contributed by atoms with E-state index in [0.717, 1.165) is 5.56 Å². The first-order chi connectivity index (χ1) is 12.4. The Bertz CT molecular complexity index is 921. The van der Waals surface area contributed by atoms with Gasteiger partial charge in [0.25, 0.3) is 0 Å². The lowest BCUT2D eigenvalue weighted by Gasteiger charge is -2.26. The average molecular weight is 360 g/mol. The molecular weight excluding hydrogens is 340 g/mol. The fourth-order valence-electron chi connectivity index (χ4n) is 3.44. The molecule has 3 aromatic heterocycles. The summed E-state index contributed by atoms with van der Waals surface area (Å²) in [5.74, 6) is 0.926. The molecular formula is C17H20N4O5. The van der Waals surface area contributed by atoms with Crippen molar-refractivity contribution in [3.63, 3.8) is 0 Å². The van der Waals surface area contributed by atoms with Crippen LogP contribution in [-0.2, 0) is 11.3 Å². The molecule has 26 heavy (non-hydrogen) atoms. The standard InChI is InChI=1S/C17H20N4O5/c1-17(24)12(26-11(7-22)14(17)23)6-21-5-9(10-3-2-4-25-10)13-15(18)19-8-20-16(13)21/h2-5,8,11-12,14,22-24H,6-7H2,1H3,(H2,18,19,20)/t11-,12+,14?,17+/m1/s1. The van der Waals surface area contributed by atoms with Crippen LogP contribution in [0.4, 0.5) is 5.82 Å². The van der Waals surface area contributed by atoms with Gasteiger partial charge in [-0.1, -0.05) is 0 Å². The van der Waals surface area contributed by atoms with E-state index in [4.69, 9.17) is 14.9 Å². The molecule has 1 aliphatic rings. The molecule has 0 spiro atoms. The van der Waals surface area contributed by atoms with E-state index in [0.29, 0.717) is 22.6 Å². The van der Waals surface area contributed by atoms with Crippen molar-refractivity contribution in [1.82, 2.24) is 14.5 Å². The fraction of sp³-hybridized carbons (Fsp3) is 0.412. The van der Waals surface area contributed by atoms with E-state index in [1.807, 2.05) is 0 Å². The van der Waals surface area contributed by atoms with Crippen molar-refractivity contribution >= 4 is 16.9 Å². The highest BCUT2D eigenvalue weighted by atomic mass is 16.6. The Morgan fingerprint density at radius 3 is 2.85 bits per heavy atom. The van der Waals surface area contributed by atoms with Gasteiger partial charge in [-0.15, -0.1) is 0 Å². The second-order valence-electron chi connectivity index (χ2n) is 6.65. The Labute approximate surface area is 148 Å². The van der Waals surface area contributed by atoms with E-state index < -0.39 is 23.9 Å². The van der Waals surface area contributed by atoms with Crippen LogP contribution in [0.5, 0.6) is 0 Å². The van der Waals surface area contributed by atoms with Gasteiger partial charge >= 0.3 is 0 Å². The smallest absolute Gasteiger partial charge is 0.146 e. The summed E-state index contributed by atoms with van der Waals surface area (Å²) >= 11 is 0. The van der Waals surface area contributed by atoms with Gasteiger partial charge in [0.15, 0.2) is 0 Å². The van der Waals surface area contributed by atoms with Crippen molar-refractivity contribution in [3.8, 4) is 11.3 Å². The van der Waals surface area contributed by atoms with Crippen molar-refractivity contribution in [1.29, 1.82) is 0 Å². The molecule has 0 aliphatic carbocycles. The van der Waals surface area contributed by atoms with Crippen LogP contribution in [0, 0.1) is 0 Å². The van der Waals surface area contributed by atoms with Crippen molar-refractivity contribution in [2.45, 2.75) is 37.4 Å². The molecule has 138 valence electrons. The third-order valence-electron chi connectivity index (χ3n) is 4.95. The van der Waals surface area contributed by atoms with Crippen LogP contribution in [-0.4, -0.2) is 60.4 Å². The molecule has 0 amide bonds. The van der Waals surface area contributed by atoms with Crippen LogP contribution < -0.4 is 5.73 Å². The van der Waals surface area contributed by atoms with E-state index in [2.05, 4.69) is 9.97 Å². The predicted molar refractivity (Wildman–Crippen MR) is 92.0 cm³/mol. The molecule has 9 nitrogen and oxygen atoms in total. The monoisotopic (exact) mass is 360 g/mol. The molecule has 1 unspecified atom stereocenters. The van der Waals surface area contributed by atoms with E-state index in [-0.39, 0.29) is 13.2 Å². The number of nitrogens with zero attached hydrogens (tertiary/aromatic N) is 3. The fourth-order valence-corrected chi connectivity index (χ4v) is 3.44. The summed E-state index contributed by atoms with van der Waals surface area (Å²) < 4.78 is 12.9. The van der Waals surface area contributed by atoms with Gasteiger partial charge in [0.1, 0.15) is 47.5 Å². The number of anilines is 1. The molecule has 0 bridgehead atoms. The van der Waals surface area contributed by atoms with E-state index >= 15 is 0 Å². The minimum Gasteiger partial charge on any atom is -0.464 e. The number of aliphatic hydroxyl groups is 3. The average Bonchev–Trinajstić information content (AvgIpc) is 3.30. The minimum absolute atomic E-state index is 0.203. The third kappa shape index (κ3) is 2.48. The number of hydrogen-bond acceptors (Lipinski definition) is 8. The maximum Gasteiger partial charge on any atom is 0.146 e. The number of nitrogen functional groups attached to an aromatic ring is 1. The molecule has 5 N–H and O–H groups in total. The van der Waals surface area contributed by atoms with E-state index in [1.54, 1.807) is 29.2 Å². The summed E-state index contributed by atoms with van der Waals surface area (Å²) in [6.45, 7) is 1.31. The van der Waals surface area contributed by atoms with Crippen LogP contribution in [0.15, 0.2) is 35.3 Å². The van der Waals surface area contributed by atoms with Gasteiger partial charge in [-0.25, -0.2) is 9.97 Å². The summed E-state index contributed by atoms with van der Waals surface area (Å²) in [7, 11) is 0. The number of aliphatic hydroxyl groups excluding tert-OH is 2. The molecule has 4 atom stereocenters. The van der Waals surface area contributed by atoms with Gasteiger partial charge in [-0.2, -0.15) is 0 Å². The number of nitrogens with two attached hydrogens (primary N) is 1. The first-order valence-electron chi connectivity index (χ1n) is 8.23. The number of hydrogen-bond donors (Lipinski definition) is 4. The second-order valence-corrected chi connectivity index (χ2v) is 6.65. The molecule has 0 saturated carbocycles. The summed E-state index contributed by atoms with van der Waals surface area (Å²) in [5.41, 5.74) is 5.81. The molecule has 0 radical (unpaired) electrons. The predicted octanol–water partition coefficient (Wildman–Crippen LogP) is 0.145. The third-order valence-corrected chi connectivity index (χ3v) is 4.95. The molecule has 1 aliphatic heterocycles. The van der Waals surface area contributed by atoms with Gasteiger partial charge in [0.05, 0.1) is 24.8 Å². The van der Waals surface area contributed by atoms with E-state index in [1.165, 1.54) is 13.3 Å². The number of aromatic nitrogens is 3. The number of fused-ring (bicyclic) bond motifs is 1. The number of ether oxygens (including phenoxy) is 1. The van der Waals surface area contributed by atoms with Crippen LogP contribution in [0.1, 0.15) is 6.92 Å². The number of rotatable bonds is 4.